The summed E-state index contributed by atoms with van der Waals surface area (Å²) in [6.45, 7) is 4.41. The molecule has 0 saturated heterocycles. The highest BCUT2D eigenvalue weighted by atomic mass is 19.1. The molecule has 0 radical (unpaired) electrons. The standard InChI is InChI=1S/C22H22FN3O/c1-16-21(17(2)26(25-16)20-6-4-3-5-7-20)12-13-22(27)24-15-14-18-8-10-19(23)11-9-18/h3-13H,14-15H2,1-2H3,(H,24,27)/b13-12+. The second-order valence-electron chi connectivity index (χ2n) is 6.33. The second kappa shape index (κ2) is 8.45. The average molecular weight is 363 g/mol. The summed E-state index contributed by atoms with van der Waals surface area (Å²) < 4.78 is 14.8. The second-order valence-corrected chi connectivity index (χ2v) is 6.33. The van der Waals surface area contributed by atoms with Crippen molar-refractivity contribution in [2.24, 2.45) is 0 Å². The van der Waals surface area contributed by atoms with Gasteiger partial charge < -0.3 is 5.32 Å². The van der Waals surface area contributed by atoms with Crippen LogP contribution in [-0.2, 0) is 11.2 Å². The molecule has 3 rings (SSSR count). The molecule has 0 unspecified atom stereocenters. The summed E-state index contributed by atoms with van der Waals surface area (Å²) in [7, 11) is 0. The third-order valence-electron chi connectivity index (χ3n) is 4.38. The molecule has 1 heterocycles. The Labute approximate surface area is 158 Å². The highest BCUT2D eigenvalue weighted by Gasteiger charge is 2.10. The van der Waals surface area contributed by atoms with E-state index in [0.717, 1.165) is 28.2 Å². The maximum Gasteiger partial charge on any atom is 0.244 e. The monoisotopic (exact) mass is 363 g/mol. The molecule has 0 fully saturated rings. The molecule has 3 aromatic rings. The Morgan fingerprint density at radius 1 is 1.11 bits per heavy atom. The van der Waals surface area contributed by atoms with Gasteiger partial charge in [0.05, 0.1) is 11.4 Å². The fraction of sp³-hybridized carbons (Fsp3) is 0.182. The van der Waals surface area contributed by atoms with Crippen molar-refractivity contribution in [3.63, 3.8) is 0 Å². The molecule has 0 spiro atoms. The van der Waals surface area contributed by atoms with Gasteiger partial charge in [-0.3, -0.25) is 4.79 Å². The quantitative estimate of drug-likeness (QED) is 0.673. The van der Waals surface area contributed by atoms with E-state index < -0.39 is 0 Å². The highest BCUT2D eigenvalue weighted by molar-refractivity contribution is 5.92. The van der Waals surface area contributed by atoms with Crippen molar-refractivity contribution < 1.29 is 9.18 Å². The third-order valence-corrected chi connectivity index (χ3v) is 4.38. The Balaban J connectivity index is 1.61. The molecule has 2 aromatic carbocycles. The normalized spacial score (nSPS) is 11.1. The van der Waals surface area contributed by atoms with Crippen LogP contribution in [0.2, 0.25) is 0 Å². The Hall–Kier alpha value is -3.21. The van der Waals surface area contributed by atoms with Gasteiger partial charge in [-0.1, -0.05) is 30.3 Å². The lowest BCUT2D eigenvalue weighted by molar-refractivity contribution is -0.116. The third kappa shape index (κ3) is 4.70. The lowest BCUT2D eigenvalue weighted by Crippen LogP contribution is -2.23. The van der Waals surface area contributed by atoms with Crippen LogP contribution in [0.15, 0.2) is 60.7 Å². The zero-order valence-corrected chi connectivity index (χ0v) is 15.4. The van der Waals surface area contributed by atoms with E-state index in [1.165, 1.54) is 18.2 Å². The number of halogens is 1. The summed E-state index contributed by atoms with van der Waals surface area (Å²) in [6, 6.07) is 16.2. The number of rotatable bonds is 6. The first-order chi connectivity index (χ1) is 13.0. The molecule has 1 amide bonds. The predicted octanol–water partition coefficient (Wildman–Crippen LogP) is 4.00. The van der Waals surface area contributed by atoms with E-state index in [1.54, 1.807) is 18.2 Å². The molecule has 0 aliphatic carbocycles. The Bertz CT molecular complexity index is 944. The SMILES string of the molecule is Cc1nn(-c2ccccc2)c(C)c1/C=C/C(=O)NCCc1ccc(F)cc1. The van der Waals surface area contributed by atoms with Crippen molar-refractivity contribution in [1.82, 2.24) is 15.1 Å². The lowest BCUT2D eigenvalue weighted by Gasteiger charge is -2.04. The smallest absolute Gasteiger partial charge is 0.244 e. The number of carbonyl (C=O) groups excluding carboxylic acids is 1. The van der Waals surface area contributed by atoms with E-state index in [9.17, 15) is 9.18 Å². The highest BCUT2D eigenvalue weighted by Crippen LogP contribution is 2.19. The van der Waals surface area contributed by atoms with E-state index >= 15 is 0 Å². The van der Waals surface area contributed by atoms with E-state index in [-0.39, 0.29) is 11.7 Å². The molecule has 0 saturated carbocycles. The Morgan fingerprint density at radius 3 is 2.52 bits per heavy atom. The van der Waals surface area contributed by atoms with Gasteiger partial charge >= 0.3 is 0 Å². The number of para-hydroxylation sites is 1. The number of hydrogen-bond donors (Lipinski definition) is 1. The summed E-state index contributed by atoms with van der Waals surface area (Å²) in [5.41, 5.74) is 4.76. The average Bonchev–Trinajstić information content (AvgIpc) is 2.96. The van der Waals surface area contributed by atoms with Gasteiger partial charge in [-0.25, -0.2) is 9.07 Å². The van der Waals surface area contributed by atoms with Crippen LogP contribution in [0.25, 0.3) is 11.8 Å². The molecular weight excluding hydrogens is 341 g/mol. The van der Waals surface area contributed by atoms with Gasteiger partial charge in [-0.15, -0.1) is 0 Å². The van der Waals surface area contributed by atoms with Crippen LogP contribution in [0.3, 0.4) is 0 Å². The van der Waals surface area contributed by atoms with Crippen LogP contribution in [0.1, 0.15) is 22.5 Å². The lowest BCUT2D eigenvalue weighted by atomic mass is 10.1. The van der Waals surface area contributed by atoms with Crippen LogP contribution in [0.5, 0.6) is 0 Å². The summed E-state index contributed by atoms with van der Waals surface area (Å²) in [4.78, 5) is 12.1. The first-order valence-corrected chi connectivity index (χ1v) is 8.86. The topological polar surface area (TPSA) is 46.9 Å². The largest absolute Gasteiger partial charge is 0.352 e. The Kier molecular flexibility index (Phi) is 5.81. The van der Waals surface area contributed by atoms with Crippen LogP contribution in [-0.4, -0.2) is 22.2 Å². The predicted molar refractivity (Wildman–Crippen MR) is 105 cm³/mol. The molecule has 27 heavy (non-hydrogen) atoms. The van der Waals surface area contributed by atoms with Gasteiger partial charge in [0.15, 0.2) is 0 Å². The zero-order valence-electron chi connectivity index (χ0n) is 15.4. The van der Waals surface area contributed by atoms with Crippen molar-refractivity contribution in [2.75, 3.05) is 6.54 Å². The van der Waals surface area contributed by atoms with E-state index in [1.807, 2.05) is 48.9 Å². The van der Waals surface area contributed by atoms with Gasteiger partial charge in [-0.05, 0) is 56.2 Å². The summed E-state index contributed by atoms with van der Waals surface area (Å²) >= 11 is 0. The van der Waals surface area contributed by atoms with E-state index in [0.29, 0.717) is 13.0 Å². The maximum atomic E-state index is 12.9. The molecule has 1 aromatic heterocycles. The van der Waals surface area contributed by atoms with Crippen LogP contribution >= 0.6 is 0 Å². The van der Waals surface area contributed by atoms with Gasteiger partial charge in [-0.2, -0.15) is 5.10 Å². The first kappa shape index (κ1) is 18.6. The number of aryl methyl sites for hydroxylation is 1. The zero-order chi connectivity index (χ0) is 19.2. The number of nitrogens with one attached hydrogen (secondary N) is 1. The van der Waals surface area contributed by atoms with Crippen molar-refractivity contribution in [1.29, 1.82) is 0 Å². The maximum absolute atomic E-state index is 12.9. The fourth-order valence-corrected chi connectivity index (χ4v) is 2.92. The minimum absolute atomic E-state index is 0.164. The van der Waals surface area contributed by atoms with Gasteiger partial charge in [0.2, 0.25) is 5.91 Å². The van der Waals surface area contributed by atoms with Crippen molar-refractivity contribution in [3.8, 4) is 5.69 Å². The molecule has 138 valence electrons. The molecule has 0 atom stereocenters. The number of amides is 1. The number of aromatic nitrogens is 2. The van der Waals surface area contributed by atoms with Crippen LogP contribution in [0.4, 0.5) is 4.39 Å². The van der Waals surface area contributed by atoms with Gasteiger partial charge in [0, 0.05) is 23.9 Å². The van der Waals surface area contributed by atoms with Crippen LogP contribution in [0, 0.1) is 19.7 Å². The number of nitrogens with zero attached hydrogens (tertiary/aromatic N) is 2. The molecule has 0 bridgehead atoms. The number of hydrogen-bond acceptors (Lipinski definition) is 2. The van der Waals surface area contributed by atoms with Gasteiger partial charge in [0.25, 0.3) is 0 Å². The minimum Gasteiger partial charge on any atom is -0.352 e. The summed E-state index contributed by atoms with van der Waals surface area (Å²) in [6.07, 6.45) is 3.98. The van der Waals surface area contributed by atoms with Crippen molar-refractivity contribution in [2.45, 2.75) is 20.3 Å². The van der Waals surface area contributed by atoms with Crippen molar-refractivity contribution in [3.05, 3.63) is 89.0 Å². The minimum atomic E-state index is -0.257. The van der Waals surface area contributed by atoms with Crippen molar-refractivity contribution >= 4 is 12.0 Å². The summed E-state index contributed by atoms with van der Waals surface area (Å²) in [5.74, 6) is -0.420. The molecule has 4 nitrogen and oxygen atoms in total. The fourth-order valence-electron chi connectivity index (χ4n) is 2.92. The molecule has 5 heteroatoms. The van der Waals surface area contributed by atoms with Crippen LogP contribution < -0.4 is 5.32 Å². The molecule has 1 N–H and O–H groups in total. The van der Waals surface area contributed by atoms with Gasteiger partial charge in [0.1, 0.15) is 5.82 Å². The molecular formula is C22H22FN3O. The number of benzene rings is 2. The number of carbonyl (C=O) groups is 1. The molecule has 0 aliphatic heterocycles. The Morgan fingerprint density at radius 2 is 1.81 bits per heavy atom. The van der Waals surface area contributed by atoms with E-state index in [4.69, 9.17) is 0 Å². The summed E-state index contributed by atoms with van der Waals surface area (Å²) in [5, 5.41) is 7.42. The first-order valence-electron chi connectivity index (χ1n) is 8.86. The molecule has 0 aliphatic rings. The van der Waals surface area contributed by atoms with E-state index in [2.05, 4.69) is 10.4 Å².